The van der Waals surface area contributed by atoms with Crippen molar-refractivity contribution in [3.63, 3.8) is 0 Å². The summed E-state index contributed by atoms with van der Waals surface area (Å²) in [6.07, 6.45) is 4.05. The van der Waals surface area contributed by atoms with Crippen LogP contribution in [0.2, 0.25) is 0 Å². The van der Waals surface area contributed by atoms with Crippen molar-refractivity contribution in [1.29, 1.82) is 5.26 Å². The summed E-state index contributed by atoms with van der Waals surface area (Å²) < 4.78 is 0. The lowest BCUT2D eigenvalue weighted by molar-refractivity contribution is 0.221. The van der Waals surface area contributed by atoms with Gasteiger partial charge in [-0.25, -0.2) is 9.78 Å². The van der Waals surface area contributed by atoms with Crippen LogP contribution >= 0.6 is 0 Å². The molecule has 1 fully saturated rings. The van der Waals surface area contributed by atoms with Gasteiger partial charge in [0.15, 0.2) is 0 Å². The lowest BCUT2D eigenvalue weighted by Gasteiger charge is -2.28. The van der Waals surface area contributed by atoms with Crippen LogP contribution in [0.25, 0.3) is 0 Å². The summed E-state index contributed by atoms with van der Waals surface area (Å²) in [6, 6.07) is 15.8. The molecule has 2 aromatic rings. The first-order chi connectivity index (χ1) is 13.8. The number of benzene rings is 1. The maximum Gasteiger partial charge on any atom is 0.314 e. The molecule has 0 aliphatic carbocycles. The molecule has 2 heterocycles. The first-order valence-electron chi connectivity index (χ1n) is 9.67. The van der Waals surface area contributed by atoms with Gasteiger partial charge in [-0.3, -0.25) is 4.90 Å². The van der Waals surface area contributed by atoms with Crippen LogP contribution in [0.5, 0.6) is 0 Å². The van der Waals surface area contributed by atoms with E-state index >= 15 is 0 Å². The van der Waals surface area contributed by atoms with Gasteiger partial charge in [0, 0.05) is 25.8 Å². The molecule has 3 N–H and O–H groups in total. The van der Waals surface area contributed by atoms with Gasteiger partial charge >= 0.3 is 6.03 Å². The fourth-order valence-electron chi connectivity index (χ4n) is 3.43. The smallest absolute Gasteiger partial charge is 0.314 e. The first kappa shape index (κ1) is 19.6. The Labute approximate surface area is 165 Å². The highest BCUT2D eigenvalue weighted by atomic mass is 16.2. The predicted molar refractivity (Wildman–Crippen MR) is 109 cm³/mol. The molecule has 3 rings (SSSR count). The number of carbonyl (C=O) groups excluding carboxylic acids is 1. The van der Waals surface area contributed by atoms with Crippen LogP contribution in [0, 0.1) is 11.3 Å². The Balaban J connectivity index is 1.44. The van der Waals surface area contributed by atoms with Crippen LogP contribution in [-0.2, 0) is 0 Å². The summed E-state index contributed by atoms with van der Waals surface area (Å²) in [7, 11) is 0. The fourth-order valence-corrected chi connectivity index (χ4v) is 3.43. The molecule has 1 atom stereocenters. The van der Waals surface area contributed by atoms with Crippen molar-refractivity contribution in [1.82, 2.24) is 20.5 Å². The number of hydrogen-bond donors (Lipinski definition) is 3. The molecule has 7 nitrogen and oxygen atoms in total. The number of nitriles is 1. The number of hydrogen-bond acceptors (Lipinski definition) is 5. The molecule has 1 saturated heterocycles. The number of amides is 2. The zero-order chi connectivity index (χ0) is 19.6. The molecule has 0 spiro atoms. The summed E-state index contributed by atoms with van der Waals surface area (Å²) in [4.78, 5) is 18.8. The Bertz CT molecular complexity index is 798. The van der Waals surface area contributed by atoms with Gasteiger partial charge in [-0.1, -0.05) is 30.3 Å². The molecular weight excluding hydrogens is 352 g/mol. The highest BCUT2D eigenvalue weighted by molar-refractivity contribution is 5.73. The zero-order valence-electron chi connectivity index (χ0n) is 15.9. The fraction of sp³-hybridized carbons (Fsp3) is 0.381. The molecule has 7 heteroatoms. The Morgan fingerprint density at radius 2 is 1.89 bits per heavy atom. The predicted octanol–water partition coefficient (Wildman–Crippen LogP) is 2.50. The minimum absolute atomic E-state index is 0.191. The molecule has 1 aromatic carbocycles. The number of aromatic nitrogens is 1. The Morgan fingerprint density at radius 3 is 2.64 bits per heavy atom. The van der Waals surface area contributed by atoms with Gasteiger partial charge in [-0.05, 0) is 43.6 Å². The Hall–Kier alpha value is -3.11. The highest BCUT2D eigenvalue weighted by Gasteiger charge is 2.23. The van der Waals surface area contributed by atoms with Gasteiger partial charge in [0.25, 0.3) is 0 Å². The molecule has 0 bridgehead atoms. The number of urea groups is 1. The topological polar surface area (TPSA) is 93.1 Å². The summed E-state index contributed by atoms with van der Waals surface area (Å²) in [5.41, 5.74) is 1.72. The molecule has 0 saturated carbocycles. The third-order valence-electron chi connectivity index (χ3n) is 4.85. The second kappa shape index (κ2) is 10.3. The molecular formula is C21H26N6O. The van der Waals surface area contributed by atoms with Gasteiger partial charge in [-0.15, -0.1) is 0 Å². The number of rotatable bonds is 8. The van der Waals surface area contributed by atoms with Crippen molar-refractivity contribution in [3.8, 4) is 6.07 Å². The molecule has 2 amide bonds. The SMILES string of the molecule is N#Cc1cccnc1NCCNC(=O)NCC(c1ccccc1)N1CCCC1. The number of carbonyl (C=O) groups is 1. The monoisotopic (exact) mass is 378 g/mol. The number of pyridine rings is 1. The van der Waals surface area contributed by atoms with Crippen molar-refractivity contribution in [3.05, 3.63) is 59.8 Å². The Kier molecular flexibility index (Phi) is 7.21. The first-order valence-corrected chi connectivity index (χ1v) is 9.67. The van der Waals surface area contributed by atoms with Crippen LogP contribution < -0.4 is 16.0 Å². The maximum absolute atomic E-state index is 12.2. The number of nitrogens with zero attached hydrogens (tertiary/aromatic N) is 3. The lowest BCUT2D eigenvalue weighted by atomic mass is 10.1. The van der Waals surface area contributed by atoms with E-state index in [0.717, 1.165) is 13.1 Å². The van der Waals surface area contributed by atoms with Gasteiger partial charge in [-0.2, -0.15) is 5.26 Å². The van der Waals surface area contributed by atoms with Gasteiger partial charge in [0.1, 0.15) is 11.9 Å². The van der Waals surface area contributed by atoms with Crippen molar-refractivity contribution < 1.29 is 4.79 Å². The summed E-state index contributed by atoms with van der Waals surface area (Å²) in [5, 5.41) is 18.0. The van der Waals surface area contributed by atoms with Crippen LogP contribution in [0.15, 0.2) is 48.7 Å². The van der Waals surface area contributed by atoms with Crippen LogP contribution in [-0.4, -0.2) is 48.6 Å². The zero-order valence-corrected chi connectivity index (χ0v) is 15.9. The Morgan fingerprint density at radius 1 is 1.11 bits per heavy atom. The van der Waals surface area contributed by atoms with E-state index in [-0.39, 0.29) is 12.1 Å². The van der Waals surface area contributed by atoms with Crippen molar-refractivity contribution in [2.24, 2.45) is 0 Å². The molecule has 0 radical (unpaired) electrons. The van der Waals surface area contributed by atoms with E-state index in [0.29, 0.717) is 31.0 Å². The average molecular weight is 378 g/mol. The number of anilines is 1. The van der Waals surface area contributed by atoms with Crippen LogP contribution in [0.4, 0.5) is 10.6 Å². The van der Waals surface area contributed by atoms with Crippen LogP contribution in [0.3, 0.4) is 0 Å². The second-order valence-corrected chi connectivity index (χ2v) is 6.74. The van der Waals surface area contributed by atoms with Crippen molar-refractivity contribution in [2.45, 2.75) is 18.9 Å². The van der Waals surface area contributed by atoms with Gasteiger partial charge < -0.3 is 16.0 Å². The average Bonchev–Trinajstić information content (AvgIpc) is 3.27. The third-order valence-corrected chi connectivity index (χ3v) is 4.85. The summed E-state index contributed by atoms with van der Waals surface area (Å²) in [6.45, 7) is 3.64. The quantitative estimate of drug-likeness (QED) is 0.614. The highest BCUT2D eigenvalue weighted by Crippen LogP contribution is 2.24. The summed E-state index contributed by atoms with van der Waals surface area (Å²) >= 11 is 0. The third kappa shape index (κ3) is 5.44. The molecule has 146 valence electrons. The molecule has 1 aromatic heterocycles. The molecule has 1 unspecified atom stereocenters. The minimum atomic E-state index is -0.191. The standard InChI is InChI=1S/C21H26N6O/c22-15-18-9-6-10-23-20(18)24-11-12-25-21(28)26-16-19(27-13-4-5-14-27)17-7-2-1-3-8-17/h1-3,6-10,19H,4-5,11-14,16H2,(H,23,24)(H2,25,26,28). The molecule has 1 aliphatic heterocycles. The summed E-state index contributed by atoms with van der Waals surface area (Å²) in [5.74, 6) is 0.533. The molecule has 28 heavy (non-hydrogen) atoms. The van der Waals surface area contributed by atoms with Crippen LogP contribution in [0.1, 0.15) is 30.0 Å². The largest absolute Gasteiger partial charge is 0.367 e. The van der Waals surface area contributed by atoms with E-state index in [4.69, 9.17) is 5.26 Å². The molecule has 1 aliphatic rings. The minimum Gasteiger partial charge on any atom is -0.367 e. The van der Waals surface area contributed by atoms with Gasteiger partial charge in [0.2, 0.25) is 0 Å². The van der Waals surface area contributed by atoms with E-state index < -0.39 is 0 Å². The second-order valence-electron chi connectivity index (χ2n) is 6.74. The van der Waals surface area contributed by atoms with E-state index in [2.05, 4.69) is 44.0 Å². The van der Waals surface area contributed by atoms with Crippen molar-refractivity contribution >= 4 is 11.8 Å². The maximum atomic E-state index is 12.2. The van der Waals surface area contributed by atoms with E-state index in [1.165, 1.54) is 18.4 Å². The van der Waals surface area contributed by atoms with E-state index in [1.54, 1.807) is 18.3 Å². The normalized spacial score (nSPS) is 14.8. The van der Waals surface area contributed by atoms with Crippen molar-refractivity contribution in [2.75, 3.05) is 38.0 Å². The van der Waals surface area contributed by atoms with E-state index in [1.807, 2.05) is 18.2 Å². The number of likely N-dealkylation sites (tertiary alicyclic amines) is 1. The van der Waals surface area contributed by atoms with Gasteiger partial charge in [0.05, 0.1) is 11.6 Å². The lowest BCUT2D eigenvalue weighted by Crippen LogP contribution is -2.42. The van der Waals surface area contributed by atoms with E-state index in [9.17, 15) is 4.79 Å². The number of nitrogens with one attached hydrogen (secondary N) is 3.